The topological polar surface area (TPSA) is 38.8 Å². The summed E-state index contributed by atoms with van der Waals surface area (Å²) in [6.07, 6.45) is 3.53. The maximum absolute atomic E-state index is 12.5. The van der Waals surface area contributed by atoms with Gasteiger partial charge in [0.1, 0.15) is 18.1 Å². The van der Waals surface area contributed by atoms with Crippen LogP contribution in [0.25, 0.3) is 0 Å². The first-order valence-electron chi connectivity index (χ1n) is 8.19. The van der Waals surface area contributed by atoms with Gasteiger partial charge in [-0.2, -0.15) is 0 Å². The van der Waals surface area contributed by atoms with Gasteiger partial charge in [-0.3, -0.25) is 4.79 Å². The summed E-state index contributed by atoms with van der Waals surface area (Å²) in [6.45, 7) is 4.55. The lowest BCUT2D eigenvalue weighted by molar-refractivity contribution is -0.139. The third-order valence-corrected chi connectivity index (χ3v) is 4.97. The number of piperidine rings is 1. The average molecular weight is 303 g/mol. The molecule has 0 radical (unpaired) electrons. The summed E-state index contributed by atoms with van der Waals surface area (Å²) >= 11 is 0. The maximum atomic E-state index is 12.5. The van der Waals surface area contributed by atoms with Crippen molar-refractivity contribution in [3.63, 3.8) is 0 Å². The Morgan fingerprint density at radius 3 is 2.55 bits per heavy atom. The number of carbonyl (C=O) groups is 1. The van der Waals surface area contributed by atoms with E-state index < -0.39 is 0 Å². The summed E-state index contributed by atoms with van der Waals surface area (Å²) in [5, 5.41) is 0. The van der Waals surface area contributed by atoms with Crippen molar-refractivity contribution in [3.8, 4) is 11.5 Å². The highest BCUT2D eigenvalue weighted by Crippen LogP contribution is 2.43. The Bertz CT molecular complexity index is 526. The number of hydrogen-bond acceptors (Lipinski definition) is 3. The van der Waals surface area contributed by atoms with Crippen LogP contribution in [0.5, 0.6) is 11.5 Å². The van der Waals surface area contributed by atoms with Crippen LogP contribution in [0.4, 0.5) is 0 Å². The van der Waals surface area contributed by atoms with Gasteiger partial charge in [0.25, 0.3) is 0 Å². The van der Waals surface area contributed by atoms with Gasteiger partial charge in [-0.05, 0) is 49.4 Å². The molecule has 2 bridgehead atoms. The predicted octanol–water partition coefficient (Wildman–Crippen LogP) is 3.11. The van der Waals surface area contributed by atoms with Gasteiger partial charge in [0.2, 0.25) is 5.91 Å². The zero-order valence-electron chi connectivity index (χ0n) is 13.6. The molecule has 2 fully saturated rings. The largest absolute Gasteiger partial charge is 0.497 e. The Morgan fingerprint density at radius 1 is 1.23 bits per heavy atom. The second-order valence-corrected chi connectivity index (χ2v) is 6.68. The van der Waals surface area contributed by atoms with Crippen molar-refractivity contribution in [2.75, 3.05) is 13.7 Å². The third-order valence-electron chi connectivity index (χ3n) is 4.97. The van der Waals surface area contributed by atoms with Gasteiger partial charge < -0.3 is 14.4 Å². The second-order valence-electron chi connectivity index (χ2n) is 6.68. The van der Waals surface area contributed by atoms with Crippen molar-refractivity contribution in [1.29, 1.82) is 0 Å². The van der Waals surface area contributed by atoms with E-state index in [4.69, 9.17) is 9.47 Å². The molecule has 1 aliphatic carbocycles. The summed E-state index contributed by atoms with van der Waals surface area (Å²) in [4.78, 5) is 14.6. The van der Waals surface area contributed by atoms with Crippen LogP contribution >= 0.6 is 0 Å². The van der Waals surface area contributed by atoms with Crippen LogP contribution in [-0.4, -0.2) is 36.6 Å². The van der Waals surface area contributed by atoms with E-state index in [0.717, 1.165) is 24.3 Å². The molecule has 120 valence electrons. The van der Waals surface area contributed by atoms with Gasteiger partial charge in [0, 0.05) is 12.0 Å². The zero-order chi connectivity index (χ0) is 15.7. The van der Waals surface area contributed by atoms with Crippen molar-refractivity contribution in [1.82, 2.24) is 4.90 Å². The standard InChI is InChI=1S/C18H25NO3/c1-12(2)18(20)19-14-5-4-13(10-14)17(19)11-22-16-8-6-15(21-3)7-9-16/h6-9,12-14,17H,4-5,10-11H2,1-3H3/t13-,14-,17+/m0/s1. The molecule has 3 rings (SSSR count). The van der Waals surface area contributed by atoms with Gasteiger partial charge in [0.05, 0.1) is 13.2 Å². The molecule has 0 spiro atoms. The van der Waals surface area contributed by atoms with Crippen molar-refractivity contribution in [3.05, 3.63) is 24.3 Å². The smallest absolute Gasteiger partial charge is 0.225 e. The van der Waals surface area contributed by atoms with E-state index in [1.54, 1.807) is 7.11 Å². The molecule has 4 nitrogen and oxygen atoms in total. The molecule has 0 unspecified atom stereocenters. The number of carbonyl (C=O) groups excluding carboxylic acids is 1. The first kappa shape index (κ1) is 15.2. The number of amides is 1. The molecule has 22 heavy (non-hydrogen) atoms. The molecule has 3 atom stereocenters. The molecule has 1 saturated heterocycles. The molecular weight excluding hydrogens is 278 g/mol. The van der Waals surface area contributed by atoms with Crippen LogP contribution in [0.3, 0.4) is 0 Å². The molecule has 2 aliphatic rings. The maximum Gasteiger partial charge on any atom is 0.225 e. The monoisotopic (exact) mass is 303 g/mol. The quantitative estimate of drug-likeness (QED) is 0.839. The van der Waals surface area contributed by atoms with Crippen molar-refractivity contribution < 1.29 is 14.3 Å². The summed E-state index contributed by atoms with van der Waals surface area (Å²) < 4.78 is 11.1. The third kappa shape index (κ3) is 2.79. The summed E-state index contributed by atoms with van der Waals surface area (Å²) in [7, 11) is 1.65. The van der Waals surface area contributed by atoms with Crippen LogP contribution in [-0.2, 0) is 4.79 Å². The summed E-state index contributed by atoms with van der Waals surface area (Å²) in [5.41, 5.74) is 0. The molecule has 0 N–H and O–H groups in total. The molecule has 1 saturated carbocycles. The van der Waals surface area contributed by atoms with E-state index in [9.17, 15) is 4.79 Å². The lowest BCUT2D eigenvalue weighted by atomic mass is 9.98. The Hall–Kier alpha value is -1.71. The molecular formula is C18H25NO3. The number of benzene rings is 1. The fourth-order valence-electron chi connectivity index (χ4n) is 3.80. The number of rotatable bonds is 5. The van der Waals surface area contributed by atoms with Crippen LogP contribution in [0.15, 0.2) is 24.3 Å². The minimum Gasteiger partial charge on any atom is -0.497 e. The first-order chi connectivity index (χ1) is 10.6. The van der Waals surface area contributed by atoms with Crippen LogP contribution in [0, 0.1) is 11.8 Å². The van der Waals surface area contributed by atoms with Crippen LogP contribution in [0.1, 0.15) is 33.1 Å². The van der Waals surface area contributed by atoms with Gasteiger partial charge >= 0.3 is 0 Å². The summed E-state index contributed by atoms with van der Waals surface area (Å²) in [5.74, 6) is 2.59. The normalized spacial score (nSPS) is 26.5. The number of hydrogen-bond donors (Lipinski definition) is 0. The first-order valence-corrected chi connectivity index (χ1v) is 8.19. The Morgan fingerprint density at radius 2 is 1.91 bits per heavy atom. The Labute approximate surface area is 132 Å². The number of likely N-dealkylation sites (tertiary alicyclic amines) is 1. The minimum absolute atomic E-state index is 0.0582. The summed E-state index contributed by atoms with van der Waals surface area (Å²) in [6, 6.07) is 8.29. The van der Waals surface area contributed by atoms with Gasteiger partial charge in [-0.1, -0.05) is 13.8 Å². The van der Waals surface area contributed by atoms with Gasteiger partial charge in [0.15, 0.2) is 0 Å². The van der Waals surface area contributed by atoms with Crippen molar-refractivity contribution >= 4 is 5.91 Å². The van der Waals surface area contributed by atoms with E-state index in [1.807, 2.05) is 38.1 Å². The molecule has 1 amide bonds. The van der Waals surface area contributed by atoms with E-state index in [1.165, 1.54) is 6.42 Å². The number of methoxy groups -OCH3 is 1. The van der Waals surface area contributed by atoms with Crippen LogP contribution in [0.2, 0.25) is 0 Å². The predicted molar refractivity (Wildman–Crippen MR) is 85.1 cm³/mol. The average Bonchev–Trinajstić information content (AvgIpc) is 3.13. The molecule has 4 heteroatoms. The SMILES string of the molecule is COc1ccc(OC[C@@H]2[C@H]3CC[C@@H](C3)N2C(=O)C(C)C)cc1. The number of ether oxygens (including phenoxy) is 2. The molecule has 1 aromatic carbocycles. The minimum atomic E-state index is 0.0582. The fourth-order valence-corrected chi connectivity index (χ4v) is 3.80. The van der Waals surface area contributed by atoms with E-state index in [-0.39, 0.29) is 17.9 Å². The van der Waals surface area contributed by atoms with Crippen LogP contribution < -0.4 is 9.47 Å². The Kier molecular flexibility index (Phi) is 4.27. The lowest BCUT2D eigenvalue weighted by Crippen LogP contribution is -2.49. The highest BCUT2D eigenvalue weighted by atomic mass is 16.5. The van der Waals surface area contributed by atoms with E-state index >= 15 is 0 Å². The Balaban J connectivity index is 1.66. The fraction of sp³-hybridized carbons (Fsp3) is 0.611. The molecule has 1 aromatic rings. The molecule has 1 heterocycles. The van der Waals surface area contributed by atoms with E-state index in [0.29, 0.717) is 18.6 Å². The zero-order valence-corrected chi connectivity index (χ0v) is 13.6. The molecule has 0 aromatic heterocycles. The van der Waals surface area contributed by atoms with Gasteiger partial charge in [-0.25, -0.2) is 0 Å². The highest BCUT2D eigenvalue weighted by molar-refractivity contribution is 5.79. The molecule has 1 aliphatic heterocycles. The lowest BCUT2D eigenvalue weighted by Gasteiger charge is -2.36. The number of nitrogens with zero attached hydrogens (tertiary/aromatic N) is 1. The van der Waals surface area contributed by atoms with Gasteiger partial charge in [-0.15, -0.1) is 0 Å². The van der Waals surface area contributed by atoms with Crippen molar-refractivity contribution in [2.45, 2.75) is 45.2 Å². The van der Waals surface area contributed by atoms with Crippen molar-refractivity contribution in [2.24, 2.45) is 11.8 Å². The second kappa shape index (κ2) is 6.19. The highest BCUT2D eigenvalue weighted by Gasteiger charge is 2.48. The number of fused-ring (bicyclic) bond motifs is 2. The van der Waals surface area contributed by atoms with E-state index in [2.05, 4.69) is 4.90 Å².